The molecule has 0 saturated heterocycles. The number of aromatic nitrogens is 1. The molecule has 114 valence electrons. The number of benzene rings is 1. The second-order valence-electron chi connectivity index (χ2n) is 5.60. The second kappa shape index (κ2) is 7.38. The molecular formula is C17H26N4. The Morgan fingerprint density at radius 2 is 1.90 bits per heavy atom. The monoisotopic (exact) mass is 286 g/mol. The molecule has 0 amide bonds. The molecule has 0 aliphatic rings. The van der Waals surface area contributed by atoms with Crippen LogP contribution in [-0.2, 0) is 6.54 Å². The summed E-state index contributed by atoms with van der Waals surface area (Å²) in [7, 11) is 4.22. The molecule has 2 N–H and O–H groups in total. The molecule has 1 heterocycles. The van der Waals surface area contributed by atoms with Gasteiger partial charge in [-0.15, -0.1) is 0 Å². The number of nitrogens with two attached hydrogens (primary N) is 1. The molecule has 0 radical (unpaired) electrons. The molecule has 4 heteroatoms. The fourth-order valence-electron chi connectivity index (χ4n) is 2.57. The van der Waals surface area contributed by atoms with Gasteiger partial charge in [-0.2, -0.15) is 0 Å². The minimum atomic E-state index is 0.479. The minimum Gasteiger partial charge on any atom is -0.356 e. The lowest BCUT2D eigenvalue weighted by Crippen LogP contribution is -2.28. The first-order valence-corrected chi connectivity index (χ1v) is 7.64. The molecule has 0 spiro atoms. The fraction of sp³-hybridized carbons (Fsp3) is 0.471. The van der Waals surface area contributed by atoms with Crippen molar-refractivity contribution >= 4 is 16.6 Å². The maximum atomic E-state index is 5.80. The zero-order valence-electron chi connectivity index (χ0n) is 13.3. The average Bonchev–Trinajstić information content (AvgIpc) is 2.50. The SMILES string of the molecule is CCN(CCCN(C)C)c1nc(CN)cc2ccccc12. The molecule has 2 rings (SSSR count). The van der Waals surface area contributed by atoms with Gasteiger partial charge in [0.1, 0.15) is 5.82 Å². The van der Waals surface area contributed by atoms with E-state index in [1.807, 2.05) is 0 Å². The molecule has 0 saturated carbocycles. The molecule has 21 heavy (non-hydrogen) atoms. The van der Waals surface area contributed by atoms with Gasteiger partial charge < -0.3 is 15.5 Å². The van der Waals surface area contributed by atoms with Crippen molar-refractivity contribution in [1.29, 1.82) is 0 Å². The van der Waals surface area contributed by atoms with Gasteiger partial charge in [0.25, 0.3) is 0 Å². The van der Waals surface area contributed by atoms with Gasteiger partial charge in [-0.3, -0.25) is 0 Å². The van der Waals surface area contributed by atoms with Crippen molar-refractivity contribution in [2.24, 2.45) is 5.73 Å². The summed E-state index contributed by atoms with van der Waals surface area (Å²) in [5.41, 5.74) is 6.76. The lowest BCUT2D eigenvalue weighted by Gasteiger charge is -2.25. The summed E-state index contributed by atoms with van der Waals surface area (Å²) in [6.07, 6.45) is 1.13. The van der Waals surface area contributed by atoms with Crippen molar-refractivity contribution in [2.75, 3.05) is 38.6 Å². The van der Waals surface area contributed by atoms with E-state index in [1.165, 1.54) is 10.8 Å². The molecule has 0 aliphatic heterocycles. The van der Waals surface area contributed by atoms with Gasteiger partial charge >= 0.3 is 0 Å². The average molecular weight is 286 g/mol. The fourth-order valence-corrected chi connectivity index (χ4v) is 2.57. The van der Waals surface area contributed by atoms with Crippen LogP contribution in [0.15, 0.2) is 30.3 Å². The Labute approximate surface area is 127 Å². The molecule has 0 unspecified atom stereocenters. The molecule has 1 aromatic heterocycles. The number of rotatable bonds is 7. The topological polar surface area (TPSA) is 45.4 Å². The maximum Gasteiger partial charge on any atom is 0.136 e. The Hall–Kier alpha value is -1.65. The van der Waals surface area contributed by atoms with Gasteiger partial charge in [0.05, 0.1) is 5.69 Å². The Morgan fingerprint density at radius 1 is 1.14 bits per heavy atom. The summed E-state index contributed by atoms with van der Waals surface area (Å²) in [4.78, 5) is 9.35. The van der Waals surface area contributed by atoms with Crippen LogP contribution in [0.1, 0.15) is 19.0 Å². The maximum absolute atomic E-state index is 5.80. The van der Waals surface area contributed by atoms with E-state index in [9.17, 15) is 0 Å². The zero-order chi connectivity index (χ0) is 15.2. The van der Waals surface area contributed by atoms with E-state index < -0.39 is 0 Å². The van der Waals surface area contributed by atoms with E-state index in [4.69, 9.17) is 10.7 Å². The van der Waals surface area contributed by atoms with Crippen molar-refractivity contribution in [1.82, 2.24) is 9.88 Å². The van der Waals surface area contributed by atoms with Gasteiger partial charge in [0.2, 0.25) is 0 Å². The van der Waals surface area contributed by atoms with E-state index in [-0.39, 0.29) is 0 Å². The van der Waals surface area contributed by atoms with Crippen molar-refractivity contribution in [2.45, 2.75) is 19.9 Å². The molecule has 4 nitrogen and oxygen atoms in total. The minimum absolute atomic E-state index is 0.479. The highest BCUT2D eigenvalue weighted by atomic mass is 15.2. The second-order valence-corrected chi connectivity index (χ2v) is 5.60. The normalized spacial score (nSPS) is 11.3. The van der Waals surface area contributed by atoms with Crippen molar-refractivity contribution < 1.29 is 0 Å². The first-order valence-electron chi connectivity index (χ1n) is 7.64. The van der Waals surface area contributed by atoms with E-state index in [0.717, 1.165) is 37.6 Å². The van der Waals surface area contributed by atoms with Crippen LogP contribution in [0, 0.1) is 0 Å². The lowest BCUT2D eigenvalue weighted by atomic mass is 10.1. The first kappa shape index (κ1) is 15.7. The number of fused-ring (bicyclic) bond motifs is 1. The summed E-state index contributed by atoms with van der Waals surface area (Å²) in [6.45, 7) is 5.72. The Balaban J connectivity index is 2.32. The summed E-state index contributed by atoms with van der Waals surface area (Å²) in [5, 5.41) is 2.43. The third-order valence-electron chi connectivity index (χ3n) is 3.70. The van der Waals surface area contributed by atoms with Crippen LogP contribution >= 0.6 is 0 Å². The van der Waals surface area contributed by atoms with Gasteiger partial charge in [0.15, 0.2) is 0 Å². The van der Waals surface area contributed by atoms with Crippen LogP contribution in [0.4, 0.5) is 5.82 Å². The molecule has 0 bridgehead atoms. The van der Waals surface area contributed by atoms with Crippen LogP contribution in [0.25, 0.3) is 10.8 Å². The van der Waals surface area contributed by atoms with E-state index in [1.54, 1.807) is 0 Å². The zero-order valence-corrected chi connectivity index (χ0v) is 13.3. The third kappa shape index (κ3) is 3.93. The smallest absolute Gasteiger partial charge is 0.136 e. The van der Waals surface area contributed by atoms with Gasteiger partial charge in [0, 0.05) is 25.0 Å². The highest BCUT2D eigenvalue weighted by Gasteiger charge is 2.11. The first-order chi connectivity index (χ1) is 10.2. The number of hydrogen-bond donors (Lipinski definition) is 1. The summed E-state index contributed by atoms with van der Waals surface area (Å²) >= 11 is 0. The molecule has 0 aliphatic carbocycles. The van der Waals surface area contributed by atoms with Crippen molar-refractivity contribution in [3.8, 4) is 0 Å². The third-order valence-corrected chi connectivity index (χ3v) is 3.70. The molecular weight excluding hydrogens is 260 g/mol. The molecule has 0 atom stereocenters. The van der Waals surface area contributed by atoms with Crippen molar-refractivity contribution in [3.05, 3.63) is 36.0 Å². The van der Waals surface area contributed by atoms with Crippen LogP contribution in [-0.4, -0.2) is 43.6 Å². The highest BCUT2D eigenvalue weighted by Crippen LogP contribution is 2.25. The van der Waals surface area contributed by atoms with Gasteiger partial charge in [-0.05, 0) is 45.4 Å². The summed E-state index contributed by atoms with van der Waals surface area (Å²) in [6, 6.07) is 10.5. The van der Waals surface area contributed by atoms with Gasteiger partial charge in [-0.25, -0.2) is 4.98 Å². The van der Waals surface area contributed by atoms with Crippen LogP contribution < -0.4 is 10.6 Å². The van der Waals surface area contributed by atoms with Gasteiger partial charge in [-0.1, -0.05) is 24.3 Å². The lowest BCUT2D eigenvalue weighted by molar-refractivity contribution is 0.400. The number of nitrogens with zero attached hydrogens (tertiary/aromatic N) is 3. The summed E-state index contributed by atoms with van der Waals surface area (Å²) < 4.78 is 0. The standard InChI is InChI=1S/C17H26N4/c1-4-21(11-7-10-20(2)3)17-16-9-6-5-8-14(16)12-15(13-18)19-17/h5-6,8-9,12H,4,7,10-11,13,18H2,1-3H3. The number of hydrogen-bond acceptors (Lipinski definition) is 4. The van der Waals surface area contributed by atoms with Crippen LogP contribution in [0.5, 0.6) is 0 Å². The predicted molar refractivity (Wildman–Crippen MR) is 90.7 cm³/mol. The predicted octanol–water partition coefficient (Wildman–Crippen LogP) is 2.47. The highest BCUT2D eigenvalue weighted by molar-refractivity contribution is 5.92. The van der Waals surface area contributed by atoms with E-state index in [2.05, 4.69) is 61.2 Å². The Bertz CT molecular complexity index is 580. The molecule has 0 fully saturated rings. The van der Waals surface area contributed by atoms with Crippen molar-refractivity contribution in [3.63, 3.8) is 0 Å². The number of pyridine rings is 1. The van der Waals surface area contributed by atoms with E-state index >= 15 is 0 Å². The quantitative estimate of drug-likeness (QED) is 0.849. The van der Waals surface area contributed by atoms with E-state index in [0.29, 0.717) is 6.54 Å². The summed E-state index contributed by atoms with van der Waals surface area (Å²) in [5.74, 6) is 1.06. The Morgan fingerprint density at radius 3 is 2.57 bits per heavy atom. The van der Waals surface area contributed by atoms with Crippen LogP contribution in [0.3, 0.4) is 0 Å². The largest absolute Gasteiger partial charge is 0.356 e. The van der Waals surface area contributed by atoms with Crippen LogP contribution in [0.2, 0.25) is 0 Å². The molecule has 2 aromatic rings. The molecule has 1 aromatic carbocycles. The number of anilines is 1. The Kier molecular flexibility index (Phi) is 5.53.